The zero-order chi connectivity index (χ0) is 27.5. The molecule has 3 aromatic carbocycles. The Morgan fingerprint density at radius 2 is 1.74 bits per heavy atom. The molecule has 0 fully saturated rings. The Morgan fingerprint density at radius 3 is 2.37 bits per heavy atom. The van der Waals surface area contributed by atoms with Crippen molar-refractivity contribution in [3.05, 3.63) is 100 Å². The van der Waals surface area contributed by atoms with Gasteiger partial charge in [-0.15, -0.1) is 6.58 Å². The van der Waals surface area contributed by atoms with Crippen LogP contribution < -0.4 is 24.3 Å². The summed E-state index contributed by atoms with van der Waals surface area (Å²) in [6.07, 6.45) is 3.76. The highest BCUT2D eigenvalue weighted by atomic mass is 35.5. The number of hydrogen-bond acceptors (Lipinski definition) is 6. The fraction of sp³-hybridized carbons (Fsp3) is 0.200. The van der Waals surface area contributed by atoms with Gasteiger partial charge in [-0.05, 0) is 60.0 Å². The van der Waals surface area contributed by atoms with Crippen molar-refractivity contribution in [3.8, 4) is 29.1 Å². The van der Waals surface area contributed by atoms with Crippen LogP contribution in [0.5, 0.6) is 23.0 Å². The van der Waals surface area contributed by atoms with Gasteiger partial charge in [0, 0.05) is 28.8 Å². The zero-order valence-electron chi connectivity index (χ0n) is 21.5. The lowest BCUT2D eigenvalue weighted by Gasteiger charge is -2.16. The van der Waals surface area contributed by atoms with Gasteiger partial charge in [0.05, 0.1) is 21.3 Å². The molecule has 38 heavy (non-hydrogen) atoms. The number of benzene rings is 3. The number of carbonyl (C=O) groups excluding carboxylic acids is 1. The Labute approximate surface area is 227 Å². The summed E-state index contributed by atoms with van der Waals surface area (Å²) in [5, 5.41) is 13.1. The van der Waals surface area contributed by atoms with Crippen molar-refractivity contribution in [1.82, 2.24) is 5.32 Å². The standard InChI is InChI=1S/C30H29ClN2O5/c1-5-6-22-13-21(15-28(37-4)29(22)38-19-20-7-10-25(31)11-8-20)14-24(17-32)30(34)33-18-23-9-12-26(35-2)16-27(23)36-3/h5,7-16H,1,6,18-19H2,2-4H3,(H,33,34)/b24-14+. The average Bonchev–Trinajstić information content (AvgIpc) is 2.94. The quantitative estimate of drug-likeness (QED) is 0.177. The van der Waals surface area contributed by atoms with Crippen LogP contribution in [0.4, 0.5) is 0 Å². The molecule has 0 saturated heterocycles. The molecule has 0 atom stereocenters. The molecule has 0 aliphatic carbocycles. The van der Waals surface area contributed by atoms with Crippen LogP contribution in [0.15, 0.2) is 72.8 Å². The number of rotatable bonds is 12. The number of allylic oxidation sites excluding steroid dienone is 1. The molecule has 0 aromatic heterocycles. The number of halogens is 1. The molecule has 1 N–H and O–H groups in total. The highest BCUT2D eigenvalue weighted by molar-refractivity contribution is 6.30. The first kappa shape index (κ1) is 28.2. The predicted octanol–water partition coefficient (Wildman–Crippen LogP) is 5.90. The SMILES string of the molecule is C=CCc1cc(/C=C(\C#N)C(=O)NCc2ccc(OC)cc2OC)cc(OC)c1OCc1ccc(Cl)cc1. The molecular weight excluding hydrogens is 504 g/mol. The van der Waals surface area contributed by atoms with Crippen LogP contribution in [0.3, 0.4) is 0 Å². The van der Waals surface area contributed by atoms with E-state index in [2.05, 4.69) is 11.9 Å². The summed E-state index contributed by atoms with van der Waals surface area (Å²) >= 11 is 5.97. The van der Waals surface area contributed by atoms with Crippen LogP contribution in [0, 0.1) is 11.3 Å². The van der Waals surface area contributed by atoms with Crippen LogP contribution in [-0.4, -0.2) is 27.2 Å². The van der Waals surface area contributed by atoms with Gasteiger partial charge in [0.25, 0.3) is 5.91 Å². The van der Waals surface area contributed by atoms with Gasteiger partial charge in [0.2, 0.25) is 0 Å². The van der Waals surface area contributed by atoms with Gasteiger partial charge in [-0.25, -0.2) is 0 Å². The lowest BCUT2D eigenvalue weighted by molar-refractivity contribution is -0.117. The molecule has 8 heteroatoms. The van der Waals surface area contributed by atoms with Gasteiger partial charge in [-0.2, -0.15) is 5.26 Å². The fourth-order valence-corrected chi connectivity index (χ4v) is 3.84. The average molecular weight is 533 g/mol. The summed E-state index contributed by atoms with van der Waals surface area (Å²) in [4.78, 5) is 12.8. The minimum Gasteiger partial charge on any atom is -0.497 e. The van der Waals surface area contributed by atoms with E-state index >= 15 is 0 Å². The first-order valence-electron chi connectivity index (χ1n) is 11.7. The first-order valence-corrected chi connectivity index (χ1v) is 12.1. The summed E-state index contributed by atoms with van der Waals surface area (Å²) in [5.41, 5.74) is 3.06. The molecule has 3 aromatic rings. The minimum absolute atomic E-state index is 0.0566. The summed E-state index contributed by atoms with van der Waals surface area (Å²) in [6, 6.07) is 18.2. The third-order valence-corrected chi connectivity index (χ3v) is 5.90. The van der Waals surface area contributed by atoms with E-state index in [0.29, 0.717) is 46.6 Å². The molecule has 0 aliphatic rings. The Hall–Kier alpha value is -4.41. The summed E-state index contributed by atoms with van der Waals surface area (Å²) < 4.78 is 22.3. The highest BCUT2D eigenvalue weighted by Gasteiger charge is 2.16. The van der Waals surface area contributed by atoms with Crippen LogP contribution in [-0.2, 0) is 24.4 Å². The molecule has 196 valence electrons. The Morgan fingerprint density at radius 1 is 1.00 bits per heavy atom. The molecule has 0 heterocycles. The van der Waals surface area contributed by atoms with Gasteiger partial charge in [0.1, 0.15) is 29.7 Å². The number of methoxy groups -OCH3 is 3. The number of carbonyl (C=O) groups is 1. The Balaban J connectivity index is 1.82. The Bertz CT molecular complexity index is 1360. The number of ether oxygens (including phenoxy) is 4. The van der Waals surface area contributed by atoms with Gasteiger partial charge >= 0.3 is 0 Å². The predicted molar refractivity (Wildman–Crippen MR) is 148 cm³/mol. The molecule has 3 rings (SSSR count). The first-order chi connectivity index (χ1) is 18.4. The summed E-state index contributed by atoms with van der Waals surface area (Å²) in [6.45, 7) is 4.32. The van der Waals surface area contributed by atoms with E-state index in [-0.39, 0.29) is 12.1 Å². The molecule has 0 unspecified atom stereocenters. The second-order valence-corrected chi connectivity index (χ2v) is 8.59. The second-order valence-electron chi connectivity index (χ2n) is 8.15. The van der Waals surface area contributed by atoms with Crippen molar-refractivity contribution >= 4 is 23.6 Å². The largest absolute Gasteiger partial charge is 0.497 e. The van der Waals surface area contributed by atoms with E-state index in [9.17, 15) is 10.1 Å². The van der Waals surface area contributed by atoms with Crippen molar-refractivity contribution in [2.45, 2.75) is 19.6 Å². The maximum atomic E-state index is 12.8. The monoisotopic (exact) mass is 532 g/mol. The summed E-state index contributed by atoms with van der Waals surface area (Å²) in [5.74, 6) is 1.73. The Kier molecular flexibility index (Phi) is 10.2. The fourth-order valence-electron chi connectivity index (χ4n) is 3.71. The molecule has 7 nitrogen and oxygen atoms in total. The van der Waals surface area contributed by atoms with Crippen LogP contribution in [0.1, 0.15) is 22.3 Å². The topological polar surface area (TPSA) is 89.8 Å². The molecule has 0 saturated carbocycles. The van der Waals surface area contributed by atoms with E-state index in [0.717, 1.165) is 16.7 Å². The van der Waals surface area contributed by atoms with E-state index in [4.69, 9.17) is 30.5 Å². The lowest BCUT2D eigenvalue weighted by atomic mass is 10.0. The maximum absolute atomic E-state index is 12.8. The van der Waals surface area contributed by atoms with Crippen molar-refractivity contribution < 1.29 is 23.7 Å². The van der Waals surface area contributed by atoms with E-state index in [1.165, 1.54) is 20.3 Å². The van der Waals surface area contributed by atoms with Gasteiger partial charge < -0.3 is 24.3 Å². The van der Waals surface area contributed by atoms with Crippen molar-refractivity contribution in [3.63, 3.8) is 0 Å². The number of hydrogen-bond donors (Lipinski definition) is 1. The molecule has 0 bridgehead atoms. The number of nitriles is 1. The third-order valence-electron chi connectivity index (χ3n) is 5.64. The molecule has 0 spiro atoms. The number of nitrogens with zero attached hydrogens (tertiary/aromatic N) is 1. The van der Waals surface area contributed by atoms with E-state index < -0.39 is 5.91 Å². The van der Waals surface area contributed by atoms with Crippen molar-refractivity contribution in [1.29, 1.82) is 5.26 Å². The zero-order valence-corrected chi connectivity index (χ0v) is 22.3. The molecular formula is C30H29ClN2O5. The minimum atomic E-state index is -0.516. The van der Waals surface area contributed by atoms with Crippen LogP contribution >= 0.6 is 11.6 Å². The highest BCUT2D eigenvalue weighted by Crippen LogP contribution is 2.35. The van der Waals surface area contributed by atoms with Gasteiger partial charge in [-0.1, -0.05) is 29.8 Å². The van der Waals surface area contributed by atoms with Gasteiger partial charge in [0.15, 0.2) is 11.5 Å². The van der Waals surface area contributed by atoms with Crippen LogP contribution in [0.2, 0.25) is 5.02 Å². The molecule has 0 aliphatic heterocycles. The maximum Gasteiger partial charge on any atom is 0.262 e. The van der Waals surface area contributed by atoms with E-state index in [1.54, 1.807) is 49.6 Å². The number of nitrogens with one attached hydrogen (secondary N) is 1. The number of amides is 1. The van der Waals surface area contributed by atoms with Crippen molar-refractivity contribution in [2.75, 3.05) is 21.3 Å². The molecule has 1 amide bonds. The molecule has 0 radical (unpaired) electrons. The third kappa shape index (κ3) is 7.31. The summed E-state index contributed by atoms with van der Waals surface area (Å²) in [7, 11) is 4.64. The lowest BCUT2D eigenvalue weighted by Crippen LogP contribution is -2.24. The van der Waals surface area contributed by atoms with Crippen LogP contribution in [0.25, 0.3) is 6.08 Å². The van der Waals surface area contributed by atoms with Crippen molar-refractivity contribution in [2.24, 2.45) is 0 Å². The normalized spacial score (nSPS) is 10.8. The van der Waals surface area contributed by atoms with Gasteiger partial charge in [-0.3, -0.25) is 4.79 Å². The smallest absolute Gasteiger partial charge is 0.262 e. The second kappa shape index (κ2) is 13.8. The van der Waals surface area contributed by atoms with E-state index in [1.807, 2.05) is 24.3 Å².